The fourth-order valence-corrected chi connectivity index (χ4v) is 3.64. The number of anilines is 1. The molecular weight excluding hydrogens is 308 g/mol. The number of nitrogens with zero attached hydrogens (tertiary/aromatic N) is 2. The van der Waals surface area contributed by atoms with Gasteiger partial charge in [-0.2, -0.15) is 0 Å². The van der Waals surface area contributed by atoms with Gasteiger partial charge in [-0.3, -0.25) is 4.31 Å². The van der Waals surface area contributed by atoms with E-state index >= 15 is 0 Å². The predicted molar refractivity (Wildman–Crippen MR) is 79.3 cm³/mol. The van der Waals surface area contributed by atoms with Crippen LogP contribution in [0.15, 0.2) is 33.7 Å². The summed E-state index contributed by atoms with van der Waals surface area (Å²) in [6, 6.07) is 6.30. The number of sulfonamides is 1. The third-order valence-electron chi connectivity index (χ3n) is 3.23. The Balaban J connectivity index is 2.58. The van der Waals surface area contributed by atoms with Gasteiger partial charge in [-0.25, -0.2) is 13.2 Å². The summed E-state index contributed by atoms with van der Waals surface area (Å²) in [6.07, 6.45) is 0. The maximum absolute atomic E-state index is 12.8. The van der Waals surface area contributed by atoms with Gasteiger partial charge in [0.2, 0.25) is 0 Å². The third kappa shape index (κ3) is 2.57. The highest BCUT2D eigenvalue weighted by molar-refractivity contribution is 7.92. The summed E-state index contributed by atoms with van der Waals surface area (Å²) in [6.45, 7) is 3.07. The van der Waals surface area contributed by atoms with Crippen LogP contribution in [0.2, 0.25) is 0 Å². The number of rotatable bonds is 4. The zero-order valence-corrected chi connectivity index (χ0v) is 13.5. The Morgan fingerprint density at radius 3 is 2.45 bits per heavy atom. The van der Waals surface area contributed by atoms with Gasteiger partial charge in [0.25, 0.3) is 10.0 Å². The summed E-state index contributed by atoms with van der Waals surface area (Å²) in [5, 5.41) is 3.66. The standard InChI is InChI=1S/C14H16N2O5S/c1-9-13(10(2)21-15-9)22(18,19)16(3)12-8-6-5-7-11(12)14(17)20-4/h5-8H,1-4H3. The first-order valence-electron chi connectivity index (χ1n) is 6.40. The predicted octanol–water partition coefficient (Wildman–Crippen LogP) is 1.90. The molecule has 2 rings (SSSR count). The van der Waals surface area contributed by atoms with Crippen LogP contribution in [0, 0.1) is 13.8 Å². The second-order valence-electron chi connectivity index (χ2n) is 4.63. The lowest BCUT2D eigenvalue weighted by atomic mass is 10.2. The quantitative estimate of drug-likeness (QED) is 0.798. The molecule has 0 atom stereocenters. The minimum Gasteiger partial charge on any atom is -0.465 e. The minimum absolute atomic E-state index is 0.00494. The molecule has 0 bridgehead atoms. The number of hydrogen-bond donors (Lipinski definition) is 0. The smallest absolute Gasteiger partial charge is 0.340 e. The second-order valence-corrected chi connectivity index (χ2v) is 6.54. The number of carbonyl (C=O) groups excluding carboxylic acids is 1. The molecule has 0 aliphatic heterocycles. The monoisotopic (exact) mass is 324 g/mol. The number of methoxy groups -OCH3 is 1. The van der Waals surface area contributed by atoms with E-state index in [0.29, 0.717) is 0 Å². The number of aromatic nitrogens is 1. The van der Waals surface area contributed by atoms with Crippen LogP contribution >= 0.6 is 0 Å². The average Bonchev–Trinajstić information content (AvgIpc) is 2.85. The molecule has 0 N–H and O–H groups in total. The van der Waals surface area contributed by atoms with Crippen molar-refractivity contribution in [2.45, 2.75) is 18.7 Å². The highest BCUT2D eigenvalue weighted by atomic mass is 32.2. The van der Waals surface area contributed by atoms with Crippen molar-refractivity contribution in [3.05, 3.63) is 41.3 Å². The number of carbonyl (C=O) groups is 1. The largest absolute Gasteiger partial charge is 0.465 e. The Bertz CT molecular complexity index is 791. The number of ether oxygens (including phenoxy) is 1. The van der Waals surface area contributed by atoms with E-state index in [0.717, 1.165) is 4.31 Å². The van der Waals surface area contributed by atoms with Gasteiger partial charge in [-0.05, 0) is 26.0 Å². The fourth-order valence-electron chi connectivity index (χ4n) is 2.14. The second kappa shape index (κ2) is 5.80. The van der Waals surface area contributed by atoms with Crippen molar-refractivity contribution in [3.8, 4) is 0 Å². The van der Waals surface area contributed by atoms with Crippen molar-refractivity contribution in [3.63, 3.8) is 0 Å². The van der Waals surface area contributed by atoms with Gasteiger partial charge in [-0.15, -0.1) is 0 Å². The van der Waals surface area contributed by atoms with Gasteiger partial charge >= 0.3 is 5.97 Å². The summed E-state index contributed by atoms with van der Waals surface area (Å²) >= 11 is 0. The Morgan fingerprint density at radius 2 is 1.91 bits per heavy atom. The molecule has 0 saturated heterocycles. The first-order valence-corrected chi connectivity index (χ1v) is 7.84. The average molecular weight is 324 g/mol. The molecule has 7 nitrogen and oxygen atoms in total. The van der Waals surface area contributed by atoms with Gasteiger partial charge in [0.1, 0.15) is 5.69 Å². The molecule has 0 saturated carbocycles. The van der Waals surface area contributed by atoms with Crippen molar-refractivity contribution in [2.24, 2.45) is 0 Å². The van der Waals surface area contributed by atoms with Crippen molar-refractivity contribution in [1.29, 1.82) is 0 Å². The molecular formula is C14H16N2O5S. The summed E-state index contributed by atoms with van der Waals surface area (Å²) in [5.74, 6) is -0.420. The molecule has 1 aromatic carbocycles. The zero-order chi connectivity index (χ0) is 16.5. The maximum atomic E-state index is 12.8. The lowest BCUT2D eigenvalue weighted by Gasteiger charge is -2.21. The lowest BCUT2D eigenvalue weighted by Crippen LogP contribution is -2.29. The van der Waals surface area contributed by atoms with Crippen LogP contribution in [0.1, 0.15) is 21.8 Å². The molecule has 0 spiro atoms. The molecule has 0 amide bonds. The number of aryl methyl sites for hydroxylation is 2. The SMILES string of the molecule is COC(=O)c1ccccc1N(C)S(=O)(=O)c1c(C)noc1C. The van der Waals surface area contributed by atoms with E-state index in [1.54, 1.807) is 19.1 Å². The highest BCUT2D eigenvalue weighted by Crippen LogP contribution is 2.29. The van der Waals surface area contributed by atoms with E-state index in [-0.39, 0.29) is 27.6 Å². The fraction of sp³-hybridized carbons (Fsp3) is 0.286. The number of benzene rings is 1. The first-order chi connectivity index (χ1) is 10.3. The molecule has 22 heavy (non-hydrogen) atoms. The van der Waals surface area contributed by atoms with E-state index in [1.807, 2.05) is 0 Å². The van der Waals surface area contributed by atoms with Crippen LogP contribution in [-0.2, 0) is 14.8 Å². The molecule has 0 fully saturated rings. The maximum Gasteiger partial charge on any atom is 0.340 e. The Kier molecular flexibility index (Phi) is 4.23. The third-order valence-corrected chi connectivity index (χ3v) is 5.25. The summed E-state index contributed by atoms with van der Waals surface area (Å²) in [7, 11) is -1.30. The van der Waals surface area contributed by atoms with Crippen LogP contribution in [0.25, 0.3) is 0 Å². The van der Waals surface area contributed by atoms with Crippen LogP contribution in [0.5, 0.6) is 0 Å². The van der Waals surface area contributed by atoms with Crippen molar-refractivity contribution >= 4 is 21.7 Å². The van der Waals surface area contributed by atoms with Crippen molar-refractivity contribution in [1.82, 2.24) is 5.16 Å². The molecule has 0 unspecified atom stereocenters. The van der Waals surface area contributed by atoms with Gasteiger partial charge in [0, 0.05) is 7.05 Å². The molecule has 1 aromatic heterocycles. The zero-order valence-electron chi connectivity index (χ0n) is 12.7. The molecule has 0 aliphatic carbocycles. The molecule has 8 heteroatoms. The van der Waals surface area contributed by atoms with Gasteiger partial charge in [-0.1, -0.05) is 17.3 Å². The normalized spacial score (nSPS) is 11.3. The Morgan fingerprint density at radius 1 is 1.27 bits per heavy atom. The van der Waals surface area contributed by atoms with Crippen molar-refractivity contribution < 1.29 is 22.5 Å². The first kappa shape index (κ1) is 16.0. The molecule has 0 aliphatic rings. The van der Waals surface area contributed by atoms with Gasteiger partial charge in [0.15, 0.2) is 10.7 Å². The molecule has 2 aromatic rings. The lowest BCUT2D eigenvalue weighted by molar-refractivity contribution is 0.0601. The van der Waals surface area contributed by atoms with E-state index < -0.39 is 16.0 Å². The van der Waals surface area contributed by atoms with E-state index in [9.17, 15) is 13.2 Å². The van der Waals surface area contributed by atoms with Gasteiger partial charge in [0.05, 0.1) is 18.4 Å². The van der Waals surface area contributed by atoms with E-state index in [1.165, 1.54) is 33.2 Å². The van der Waals surface area contributed by atoms with Crippen LogP contribution < -0.4 is 4.31 Å². The van der Waals surface area contributed by atoms with E-state index in [2.05, 4.69) is 9.89 Å². The summed E-state index contributed by atoms with van der Waals surface area (Å²) in [4.78, 5) is 11.8. The molecule has 0 radical (unpaired) electrons. The van der Waals surface area contributed by atoms with Crippen molar-refractivity contribution in [2.75, 3.05) is 18.5 Å². The van der Waals surface area contributed by atoms with Crippen LogP contribution in [0.3, 0.4) is 0 Å². The Hall–Kier alpha value is -2.35. The number of esters is 1. The molecule has 1 heterocycles. The highest BCUT2D eigenvalue weighted by Gasteiger charge is 2.30. The number of para-hydroxylation sites is 1. The summed E-state index contributed by atoms with van der Waals surface area (Å²) < 4.78 is 36.2. The van der Waals surface area contributed by atoms with Crippen LogP contribution in [0.4, 0.5) is 5.69 Å². The number of hydrogen-bond acceptors (Lipinski definition) is 6. The topological polar surface area (TPSA) is 89.7 Å². The minimum atomic E-state index is -3.90. The summed E-state index contributed by atoms with van der Waals surface area (Å²) in [5.41, 5.74) is 0.636. The van der Waals surface area contributed by atoms with Crippen LogP contribution in [-0.4, -0.2) is 33.7 Å². The Labute approximate surface area is 128 Å². The van der Waals surface area contributed by atoms with E-state index in [4.69, 9.17) is 4.52 Å². The molecule has 118 valence electrons. The van der Waals surface area contributed by atoms with Gasteiger partial charge < -0.3 is 9.26 Å².